The van der Waals surface area contributed by atoms with E-state index in [-0.39, 0.29) is 11.3 Å². The number of rotatable bonds is 6. The number of hydrazone groups is 1. The minimum atomic E-state index is -0.255. The van der Waals surface area contributed by atoms with Gasteiger partial charge in [-0.1, -0.05) is 74.9 Å². The van der Waals surface area contributed by atoms with Crippen molar-refractivity contribution < 1.29 is 4.79 Å². The van der Waals surface area contributed by atoms with Gasteiger partial charge in [-0.3, -0.25) is 4.79 Å². The predicted molar refractivity (Wildman–Crippen MR) is 142 cm³/mol. The van der Waals surface area contributed by atoms with Crippen molar-refractivity contribution in [2.45, 2.75) is 33.1 Å². The van der Waals surface area contributed by atoms with E-state index in [2.05, 4.69) is 72.8 Å². The molecule has 3 aromatic carbocycles. The molecule has 4 aromatic rings. The molecule has 1 heterocycles. The fourth-order valence-electron chi connectivity index (χ4n) is 3.32. The molecule has 0 fully saturated rings. The predicted octanol–water partition coefficient (Wildman–Crippen LogP) is 6.92. The third-order valence-corrected chi connectivity index (χ3v) is 6.16. The second kappa shape index (κ2) is 10.0. The number of carbonyl (C=O) groups excluding carboxylic acids is 1. The van der Waals surface area contributed by atoms with Gasteiger partial charge in [0.2, 0.25) is 0 Å². The van der Waals surface area contributed by atoms with Gasteiger partial charge in [0.1, 0.15) is 0 Å². The van der Waals surface area contributed by atoms with E-state index in [1.807, 2.05) is 41.8 Å². The van der Waals surface area contributed by atoms with Crippen molar-refractivity contribution in [2.24, 2.45) is 5.10 Å². The van der Waals surface area contributed by atoms with E-state index in [1.165, 1.54) is 11.1 Å². The summed E-state index contributed by atoms with van der Waals surface area (Å²) in [6, 6.07) is 23.7. The first kappa shape index (κ1) is 23.4. The molecule has 0 aliphatic carbocycles. The summed E-state index contributed by atoms with van der Waals surface area (Å²) in [6.45, 7) is 8.60. The summed E-state index contributed by atoms with van der Waals surface area (Å²) in [5, 5.41) is 10.2. The third kappa shape index (κ3) is 5.97. The zero-order valence-corrected chi connectivity index (χ0v) is 20.6. The molecule has 172 valence electrons. The number of carbonyl (C=O) groups is 1. The monoisotopic (exact) mass is 468 g/mol. The van der Waals surface area contributed by atoms with Gasteiger partial charge in [-0.2, -0.15) is 5.10 Å². The highest BCUT2D eigenvalue weighted by atomic mass is 32.1. The number of amides is 1. The Morgan fingerprint density at radius 1 is 0.941 bits per heavy atom. The van der Waals surface area contributed by atoms with Crippen LogP contribution in [0.15, 0.2) is 83.3 Å². The summed E-state index contributed by atoms with van der Waals surface area (Å²) in [7, 11) is 0. The van der Waals surface area contributed by atoms with Crippen LogP contribution in [0.1, 0.15) is 47.8 Å². The smallest absolute Gasteiger partial charge is 0.271 e. The van der Waals surface area contributed by atoms with E-state index >= 15 is 0 Å². The van der Waals surface area contributed by atoms with E-state index < -0.39 is 0 Å². The Hall–Kier alpha value is -3.77. The molecular formula is C28H28N4OS. The second-order valence-corrected chi connectivity index (χ2v) is 10.0. The van der Waals surface area contributed by atoms with Gasteiger partial charge in [0.15, 0.2) is 5.13 Å². The average molecular weight is 469 g/mol. The van der Waals surface area contributed by atoms with Crippen LogP contribution in [0.2, 0.25) is 0 Å². The number of aryl methyl sites for hydroxylation is 1. The summed E-state index contributed by atoms with van der Waals surface area (Å²) in [5.41, 5.74) is 9.46. The van der Waals surface area contributed by atoms with Crippen molar-refractivity contribution in [1.29, 1.82) is 0 Å². The van der Waals surface area contributed by atoms with Crippen molar-refractivity contribution in [3.05, 3.63) is 100 Å². The van der Waals surface area contributed by atoms with E-state index in [1.54, 1.807) is 29.7 Å². The van der Waals surface area contributed by atoms with Gasteiger partial charge in [-0.05, 0) is 47.7 Å². The van der Waals surface area contributed by atoms with Crippen LogP contribution in [0.25, 0.3) is 11.3 Å². The molecule has 34 heavy (non-hydrogen) atoms. The maximum Gasteiger partial charge on any atom is 0.271 e. The molecule has 0 spiro atoms. The largest absolute Gasteiger partial charge is 0.332 e. The summed E-state index contributed by atoms with van der Waals surface area (Å²) >= 11 is 1.54. The number of benzene rings is 3. The number of aromatic nitrogens is 1. The molecule has 6 heteroatoms. The van der Waals surface area contributed by atoms with Crippen LogP contribution >= 0.6 is 11.3 Å². The van der Waals surface area contributed by atoms with Crippen LogP contribution in [-0.4, -0.2) is 17.1 Å². The SMILES string of the molecule is Cc1ccc(Nc2nc(-c3ccc(C(=O)N/N=C\c4ccc(C(C)(C)C)cc4)cc3)cs2)cc1. The standard InChI is InChI=1S/C28H28N4OS/c1-19-5-15-24(16-6-19)30-27-31-25(18-34-27)21-9-11-22(12-10-21)26(33)32-29-17-20-7-13-23(14-8-20)28(2,3)4/h5-18H,1-4H3,(H,30,31)(H,32,33)/b29-17-. The van der Waals surface area contributed by atoms with Crippen molar-refractivity contribution in [2.75, 3.05) is 5.32 Å². The first-order valence-electron chi connectivity index (χ1n) is 11.1. The van der Waals surface area contributed by atoms with Crippen molar-refractivity contribution in [3.8, 4) is 11.3 Å². The number of anilines is 2. The molecule has 2 N–H and O–H groups in total. The van der Waals surface area contributed by atoms with Gasteiger partial charge >= 0.3 is 0 Å². The zero-order valence-electron chi connectivity index (χ0n) is 19.8. The third-order valence-electron chi connectivity index (χ3n) is 5.41. The second-order valence-electron chi connectivity index (χ2n) is 9.18. The zero-order chi connectivity index (χ0) is 24.1. The Balaban J connectivity index is 1.35. The maximum absolute atomic E-state index is 12.5. The summed E-state index contributed by atoms with van der Waals surface area (Å²) in [6.07, 6.45) is 1.65. The van der Waals surface area contributed by atoms with Crippen LogP contribution in [0.4, 0.5) is 10.8 Å². The molecule has 0 saturated heterocycles. The highest BCUT2D eigenvalue weighted by molar-refractivity contribution is 7.14. The lowest BCUT2D eigenvalue weighted by atomic mass is 9.87. The Kier molecular flexibility index (Phi) is 6.89. The first-order valence-corrected chi connectivity index (χ1v) is 12.0. The normalized spacial score (nSPS) is 11.5. The number of hydrogen-bond acceptors (Lipinski definition) is 5. The Labute approximate surface area is 204 Å². The van der Waals surface area contributed by atoms with Gasteiger partial charge in [-0.25, -0.2) is 10.4 Å². The first-order chi connectivity index (χ1) is 16.3. The number of hydrogen-bond donors (Lipinski definition) is 2. The van der Waals surface area contributed by atoms with Gasteiger partial charge in [0, 0.05) is 22.2 Å². The average Bonchev–Trinajstić information content (AvgIpc) is 3.29. The lowest BCUT2D eigenvalue weighted by Gasteiger charge is -2.18. The van der Waals surface area contributed by atoms with Crippen molar-refractivity contribution in [1.82, 2.24) is 10.4 Å². The molecule has 4 rings (SSSR count). The molecule has 0 atom stereocenters. The number of nitrogens with one attached hydrogen (secondary N) is 2. The quantitative estimate of drug-likeness (QED) is 0.238. The van der Waals surface area contributed by atoms with Gasteiger partial charge in [0.25, 0.3) is 5.91 Å². The van der Waals surface area contributed by atoms with Crippen LogP contribution < -0.4 is 10.7 Å². The Bertz CT molecular complexity index is 1280. The van der Waals surface area contributed by atoms with E-state index in [0.717, 1.165) is 27.6 Å². The Morgan fingerprint density at radius 3 is 2.26 bits per heavy atom. The van der Waals surface area contributed by atoms with Crippen LogP contribution in [0.5, 0.6) is 0 Å². The molecule has 0 bridgehead atoms. The lowest BCUT2D eigenvalue weighted by molar-refractivity contribution is 0.0955. The summed E-state index contributed by atoms with van der Waals surface area (Å²) in [4.78, 5) is 17.1. The van der Waals surface area contributed by atoms with Gasteiger partial charge in [0.05, 0.1) is 11.9 Å². The topological polar surface area (TPSA) is 66.4 Å². The van der Waals surface area contributed by atoms with E-state index in [0.29, 0.717) is 5.56 Å². The number of nitrogens with zero attached hydrogens (tertiary/aromatic N) is 2. The molecule has 0 aliphatic rings. The summed E-state index contributed by atoms with van der Waals surface area (Å²) < 4.78 is 0. The fourth-order valence-corrected chi connectivity index (χ4v) is 4.06. The van der Waals surface area contributed by atoms with Crippen molar-refractivity contribution >= 4 is 34.3 Å². The molecule has 1 amide bonds. The van der Waals surface area contributed by atoms with Crippen LogP contribution in [0.3, 0.4) is 0 Å². The highest BCUT2D eigenvalue weighted by Gasteiger charge is 2.12. The van der Waals surface area contributed by atoms with Crippen LogP contribution in [-0.2, 0) is 5.41 Å². The molecule has 5 nitrogen and oxygen atoms in total. The maximum atomic E-state index is 12.5. The summed E-state index contributed by atoms with van der Waals surface area (Å²) in [5.74, 6) is -0.255. The van der Waals surface area contributed by atoms with Crippen molar-refractivity contribution in [3.63, 3.8) is 0 Å². The fraction of sp³-hybridized carbons (Fsp3) is 0.179. The van der Waals surface area contributed by atoms with E-state index in [9.17, 15) is 4.79 Å². The van der Waals surface area contributed by atoms with Gasteiger partial charge in [-0.15, -0.1) is 11.3 Å². The number of thiazole rings is 1. The van der Waals surface area contributed by atoms with Crippen LogP contribution in [0, 0.1) is 6.92 Å². The minimum Gasteiger partial charge on any atom is -0.332 e. The molecule has 0 saturated carbocycles. The Morgan fingerprint density at radius 2 is 1.62 bits per heavy atom. The molecule has 0 unspecified atom stereocenters. The lowest BCUT2D eigenvalue weighted by Crippen LogP contribution is -2.17. The molecular weight excluding hydrogens is 440 g/mol. The molecule has 1 aromatic heterocycles. The van der Waals surface area contributed by atoms with E-state index in [4.69, 9.17) is 0 Å². The minimum absolute atomic E-state index is 0.105. The van der Waals surface area contributed by atoms with Gasteiger partial charge < -0.3 is 5.32 Å². The molecule has 0 radical (unpaired) electrons. The highest BCUT2D eigenvalue weighted by Crippen LogP contribution is 2.27. The molecule has 0 aliphatic heterocycles.